The fraction of sp³-hybridized carbons (Fsp3) is 0.571. The fourth-order valence-corrected chi connectivity index (χ4v) is 1.95. The van der Waals surface area contributed by atoms with Crippen LogP contribution in [0.25, 0.3) is 0 Å². The van der Waals surface area contributed by atoms with Gasteiger partial charge in [0.1, 0.15) is 0 Å². The molecule has 0 saturated carbocycles. The van der Waals surface area contributed by atoms with Crippen LogP contribution in [-0.4, -0.2) is 29.1 Å². The second kappa shape index (κ2) is 6.81. The average molecular weight is 257 g/mol. The molecule has 4 heteroatoms. The average Bonchev–Trinajstić information content (AvgIpc) is 2.31. The van der Waals surface area contributed by atoms with Gasteiger partial charge in [0.25, 0.3) is 0 Å². The molecule has 0 aliphatic heterocycles. The first-order valence-corrected chi connectivity index (χ1v) is 6.33. The van der Waals surface area contributed by atoms with Crippen molar-refractivity contribution in [3.63, 3.8) is 0 Å². The molecule has 1 rings (SSSR count). The van der Waals surface area contributed by atoms with Crippen LogP contribution in [0, 0.1) is 11.6 Å². The van der Waals surface area contributed by atoms with Gasteiger partial charge in [-0.3, -0.25) is 4.90 Å². The van der Waals surface area contributed by atoms with Crippen molar-refractivity contribution in [1.82, 2.24) is 4.90 Å². The topological polar surface area (TPSA) is 23.5 Å². The Morgan fingerprint density at radius 1 is 1.28 bits per heavy atom. The Labute approximate surface area is 107 Å². The lowest BCUT2D eigenvalue weighted by Crippen LogP contribution is -2.35. The van der Waals surface area contributed by atoms with Crippen molar-refractivity contribution < 1.29 is 13.9 Å². The molecule has 1 atom stereocenters. The number of halogens is 2. The third-order valence-electron chi connectivity index (χ3n) is 2.99. The maximum atomic E-state index is 13.5. The fourth-order valence-electron chi connectivity index (χ4n) is 1.95. The first kappa shape index (κ1) is 15.1. The smallest absolute Gasteiger partial charge is 0.164 e. The van der Waals surface area contributed by atoms with E-state index in [2.05, 4.69) is 4.90 Å². The van der Waals surface area contributed by atoms with Crippen molar-refractivity contribution in [2.24, 2.45) is 0 Å². The number of aliphatic hydroxyl groups excluding tert-OH is 1. The molecule has 1 unspecified atom stereocenters. The van der Waals surface area contributed by atoms with Crippen LogP contribution in [-0.2, 0) is 0 Å². The molecule has 1 N–H and O–H groups in total. The molecule has 0 radical (unpaired) electrons. The summed E-state index contributed by atoms with van der Waals surface area (Å²) in [7, 11) is 0. The van der Waals surface area contributed by atoms with Crippen LogP contribution < -0.4 is 0 Å². The summed E-state index contributed by atoms with van der Waals surface area (Å²) in [5.74, 6) is -1.87. The van der Waals surface area contributed by atoms with Gasteiger partial charge in [-0.15, -0.1) is 0 Å². The summed E-state index contributed by atoms with van der Waals surface area (Å²) < 4.78 is 26.6. The predicted molar refractivity (Wildman–Crippen MR) is 68.3 cm³/mol. The lowest BCUT2D eigenvalue weighted by atomic mass is 10.1. The van der Waals surface area contributed by atoms with Gasteiger partial charge in [0.15, 0.2) is 11.6 Å². The quantitative estimate of drug-likeness (QED) is 0.846. The molecule has 0 aliphatic carbocycles. The largest absolute Gasteiger partial charge is 0.387 e. The second-order valence-corrected chi connectivity index (χ2v) is 4.75. The standard InChI is InChI=1S/C14H21F2NO/c1-4-8-17(10(2)3)9-13(18)11-6-5-7-12(15)14(11)16/h5-7,10,13,18H,4,8-9H2,1-3H3. The SMILES string of the molecule is CCCN(CC(O)c1cccc(F)c1F)C(C)C. The lowest BCUT2D eigenvalue weighted by Gasteiger charge is -2.28. The number of aliphatic hydroxyl groups is 1. The van der Waals surface area contributed by atoms with Crippen molar-refractivity contribution in [2.45, 2.75) is 39.3 Å². The molecule has 0 spiro atoms. The first-order chi connectivity index (χ1) is 8.47. The van der Waals surface area contributed by atoms with Crippen LogP contribution in [0.1, 0.15) is 38.9 Å². The summed E-state index contributed by atoms with van der Waals surface area (Å²) in [5.41, 5.74) is 0.0248. The summed E-state index contributed by atoms with van der Waals surface area (Å²) in [4.78, 5) is 2.05. The summed E-state index contributed by atoms with van der Waals surface area (Å²) in [6.45, 7) is 7.22. The molecule has 1 aromatic rings. The summed E-state index contributed by atoms with van der Waals surface area (Å²) in [6, 6.07) is 4.15. The van der Waals surface area contributed by atoms with E-state index in [9.17, 15) is 13.9 Å². The van der Waals surface area contributed by atoms with E-state index in [1.54, 1.807) is 0 Å². The van der Waals surface area contributed by atoms with Gasteiger partial charge < -0.3 is 5.11 Å². The molecular weight excluding hydrogens is 236 g/mol. The van der Waals surface area contributed by atoms with Gasteiger partial charge in [0.2, 0.25) is 0 Å². The molecule has 0 amide bonds. The Morgan fingerprint density at radius 2 is 1.94 bits per heavy atom. The molecule has 1 aromatic carbocycles. The van der Waals surface area contributed by atoms with E-state index in [4.69, 9.17) is 0 Å². The van der Waals surface area contributed by atoms with E-state index in [0.29, 0.717) is 6.54 Å². The van der Waals surface area contributed by atoms with E-state index in [-0.39, 0.29) is 11.6 Å². The van der Waals surface area contributed by atoms with Crippen molar-refractivity contribution in [3.8, 4) is 0 Å². The minimum absolute atomic E-state index is 0.0248. The van der Waals surface area contributed by atoms with E-state index in [0.717, 1.165) is 19.0 Å². The Balaban J connectivity index is 2.80. The van der Waals surface area contributed by atoms with Crippen LogP contribution in [0.4, 0.5) is 8.78 Å². The number of hydrogen-bond donors (Lipinski definition) is 1. The van der Waals surface area contributed by atoms with Gasteiger partial charge in [0.05, 0.1) is 6.10 Å². The number of hydrogen-bond acceptors (Lipinski definition) is 2. The molecule has 102 valence electrons. The van der Waals surface area contributed by atoms with Crippen molar-refractivity contribution in [2.75, 3.05) is 13.1 Å². The van der Waals surface area contributed by atoms with E-state index in [1.165, 1.54) is 12.1 Å². The highest BCUT2D eigenvalue weighted by atomic mass is 19.2. The number of benzene rings is 1. The molecule has 0 saturated heterocycles. The molecule has 0 heterocycles. The zero-order valence-corrected chi connectivity index (χ0v) is 11.2. The van der Waals surface area contributed by atoms with Gasteiger partial charge in [-0.25, -0.2) is 8.78 Å². The molecular formula is C14H21F2NO. The number of rotatable bonds is 6. The Bertz CT molecular complexity index is 382. The van der Waals surface area contributed by atoms with Gasteiger partial charge in [-0.1, -0.05) is 19.1 Å². The maximum Gasteiger partial charge on any atom is 0.164 e. The third kappa shape index (κ3) is 3.75. The zero-order valence-electron chi connectivity index (χ0n) is 11.2. The summed E-state index contributed by atoms with van der Waals surface area (Å²) >= 11 is 0. The van der Waals surface area contributed by atoms with Crippen LogP contribution in [0.3, 0.4) is 0 Å². The maximum absolute atomic E-state index is 13.5. The molecule has 18 heavy (non-hydrogen) atoms. The van der Waals surface area contributed by atoms with Crippen molar-refractivity contribution >= 4 is 0 Å². The third-order valence-corrected chi connectivity index (χ3v) is 2.99. The normalized spacial score (nSPS) is 13.3. The molecule has 0 fully saturated rings. The van der Waals surface area contributed by atoms with E-state index >= 15 is 0 Å². The minimum Gasteiger partial charge on any atom is -0.387 e. The van der Waals surface area contributed by atoms with Crippen LogP contribution in [0.2, 0.25) is 0 Å². The monoisotopic (exact) mass is 257 g/mol. The van der Waals surface area contributed by atoms with Gasteiger partial charge in [-0.05, 0) is 32.9 Å². The highest BCUT2D eigenvalue weighted by Gasteiger charge is 2.19. The van der Waals surface area contributed by atoms with E-state index < -0.39 is 17.7 Å². The second-order valence-electron chi connectivity index (χ2n) is 4.75. The van der Waals surface area contributed by atoms with Crippen molar-refractivity contribution in [1.29, 1.82) is 0 Å². The zero-order chi connectivity index (χ0) is 13.7. The van der Waals surface area contributed by atoms with Crippen LogP contribution >= 0.6 is 0 Å². The highest BCUT2D eigenvalue weighted by molar-refractivity contribution is 5.21. The van der Waals surface area contributed by atoms with Crippen LogP contribution in [0.15, 0.2) is 18.2 Å². The molecule has 2 nitrogen and oxygen atoms in total. The lowest BCUT2D eigenvalue weighted by molar-refractivity contribution is 0.0924. The van der Waals surface area contributed by atoms with Gasteiger partial charge in [-0.2, -0.15) is 0 Å². The minimum atomic E-state index is -1.00. The Hall–Kier alpha value is -1.00. The first-order valence-electron chi connectivity index (χ1n) is 6.33. The summed E-state index contributed by atoms with van der Waals surface area (Å²) in [5, 5.41) is 10.0. The Kier molecular flexibility index (Phi) is 5.69. The van der Waals surface area contributed by atoms with E-state index in [1.807, 2.05) is 20.8 Å². The van der Waals surface area contributed by atoms with Gasteiger partial charge >= 0.3 is 0 Å². The highest BCUT2D eigenvalue weighted by Crippen LogP contribution is 2.21. The molecule has 0 bridgehead atoms. The van der Waals surface area contributed by atoms with Gasteiger partial charge in [0, 0.05) is 18.2 Å². The van der Waals surface area contributed by atoms with Crippen LogP contribution in [0.5, 0.6) is 0 Å². The molecule has 0 aliphatic rings. The summed E-state index contributed by atoms with van der Waals surface area (Å²) in [6.07, 6.45) is -0.0501. The predicted octanol–water partition coefficient (Wildman–Crippen LogP) is 3.12. The molecule has 0 aromatic heterocycles. The van der Waals surface area contributed by atoms with Crippen molar-refractivity contribution in [3.05, 3.63) is 35.4 Å². The Morgan fingerprint density at radius 3 is 2.50 bits per heavy atom. The number of nitrogens with zero attached hydrogens (tertiary/aromatic N) is 1.